The van der Waals surface area contributed by atoms with Crippen LogP contribution < -0.4 is 5.32 Å². The van der Waals surface area contributed by atoms with Crippen molar-refractivity contribution in [3.63, 3.8) is 0 Å². The van der Waals surface area contributed by atoms with Crippen molar-refractivity contribution in [2.24, 2.45) is 0 Å². The molecule has 2 fully saturated rings. The summed E-state index contributed by atoms with van der Waals surface area (Å²) >= 11 is 0. The maximum absolute atomic E-state index is 13.1. The number of hydrogen-bond donors (Lipinski definition) is 9. The SMILES string of the molecule is CC/C=C/CC/C=C/CC/C=C/C(O)C(COC1OC(CO)C(OC2OC(CO)C(O)C(O)C2O)C(O)C1O)NC(=O)CCCCCCCC/C=C\C/C=C\C/C=C\CCCCCCC. The molecule has 0 aliphatic carbocycles. The summed E-state index contributed by atoms with van der Waals surface area (Å²) in [5, 5.41) is 86.5. The highest BCUT2D eigenvalue weighted by Gasteiger charge is 2.51. The Balaban J connectivity index is 1.83. The minimum absolute atomic E-state index is 0.251. The quantitative estimate of drug-likeness (QED) is 0.0258. The Hall–Kier alpha value is -2.57. The highest BCUT2D eigenvalue weighted by Crippen LogP contribution is 2.30. The predicted molar refractivity (Wildman–Crippen MR) is 253 cm³/mol. The molecule has 65 heavy (non-hydrogen) atoms. The number of rotatable bonds is 36. The van der Waals surface area contributed by atoms with Gasteiger partial charge in [0.15, 0.2) is 12.6 Å². The molecule has 14 heteroatoms. The number of carbonyl (C=O) groups excluding carboxylic acids is 1. The number of nitrogens with one attached hydrogen (secondary N) is 1. The van der Waals surface area contributed by atoms with Crippen LogP contribution in [0.5, 0.6) is 0 Å². The molecule has 0 aromatic heterocycles. The van der Waals surface area contributed by atoms with E-state index in [4.69, 9.17) is 18.9 Å². The van der Waals surface area contributed by atoms with Gasteiger partial charge in [0, 0.05) is 6.42 Å². The number of amides is 1. The number of aliphatic hydroxyl groups is 8. The van der Waals surface area contributed by atoms with Gasteiger partial charge in [0.2, 0.25) is 5.91 Å². The molecule has 0 saturated carbocycles. The first kappa shape index (κ1) is 58.6. The Morgan fingerprint density at radius 2 is 1.08 bits per heavy atom. The third-order valence-corrected chi connectivity index (χ3v) is 11.6. The molecular formula is C51H87NO13. The summed E-state index contributed by atoms with van der Waals surface area (Å²) in [7, 11) is 0. The van der Waals surface area contributed by atoms with Gasteiger partial charge in [-0.15, -0.1) is 0 Å². The average molecular weight is 922 g/mol. The highest BCUT2D eigenvalue weighted by atomic mass is 16.7. The molecule has 2 aliphatic heterocycles. The van der Waals surface area contributed by atoms with Crippen molar-refractivity contribution in [3.8, 4) is 0 Å². The number of unbranched alkanes of at least 4 members (excludes halogenated alkanes) is 13. The van der Waals surface area contributed by atoms with E-state index in [2.05, 4.69) is 79.9 Å². The molecular weight excluding hydrogens is 835 g/mol. The molecule has 0 bridgehead atoms. The van der Waals surface area contributed by atoms with E-state index in [-0.39, 0.29) is 18.9 Å². The summed E-state index contributed by atoms with van der Waals surface area (Å²) in [5.41, 5.74) is 0. The fourth-order valence-corrected chi connectivity index (χ4v) is 7.57. The van der Waals surface area contributed by atoms with E-state index < -0.39 is 86.8 Å². The minimum atomic E-state index is -1.80. The van der Waals surface area contributed by atoms with Gasteiger partial charge in [0.05, 0.1) is 32.0 Å². The molecule has 14 nitrogen and oxygen atoms in total. The second kappa shape index (κ2) is 37.4. The normalized spacial score (nSPS) is 27.7. The standard InChI is InChI=1S/C51H87NO13/c1-3-5-7-9-11-13-15-16-17-18-19-20-21-22-23-24-25-27-29-31-33-35-43(56)52-39(40(55)34-32-30-28-26-14-12-10-8-6-4-2)38-62-50-48(61)46(59)49(42(37-54)64-50)65-51-47(60)45(58)44(57)41(36-53)63-51/h6,8,14-16,18-19,21-22,26,32,34,39-42,44-51,53-55,57-61H,3-5,7,9-13,17,20,23-25,27-31,33,35-38H2,1-2H3,(H,52,56)/b8-6+,16-15-,19-18-,22-21-,26-14+,34-32+. The van der Waals surface area contributed by atoms with E-state index in [1.165, 1.54) is 38.5 Å². The fourth-order valence-electron chi connectivity index (χ4n) is 7.57. The molecule has 2 rings (SSSR count). The van der Waals surface area contributed by atoms with Crippen LogP contribution in [0.25, 0.3) is 0 Å². The maximum Gasteiger partial charge on any atom is 0.220 e. The van der Waals surface area contributed by atoms with Crippen LogP contribution in [0.2, 0.25) is 0 Å². The first-order valence-corrected chi connectivity index (χ1v) is 24.7. The van der Waals surface area contributed by atoms with Gasteiger partial charge < -0.3 is 65.1 Å². The number of carbonyl (C=O) groups is 1. The Morgan fingerprint density at radius 1 is 0.569 bits per heavy atom. The number of hydrogen-bond acceptors (Lipinski definition) is 13. The van der Waals surface area contributed by atoms with Gasteiger partial charge in [0.1, 0.15) is 48.8 Å². The van der Waals surface area contributed by atoms with Gasteiger partial charge in [-0.3, -0.25) is 4.79 Å². The van der Waals surface area contributed by atoms with Crippen molar-refractivity contribution >= 4 is 5.91 Å². The van der Waals surface area contributed by atoms with E-state index in [0.717, 1.165) is 77.0 Å². The van der Waals surface area contributed by atoms with Crippen LogP contribution >= 0.6 is 0 Å². The highest BCUT2D eigenvalue weighted by molar-refractivity contribution is 5.76. The Bertz CT molecular complexity index is 1370. The lowest BCUT2D eigenvalue weighted by Crippen LogP contribution is -2.65. The molecule has 374 valence electrons. The second-order valence-corrected chi connectivity index (χ2v) is 17.2. The summed E-state index contributed by atoms with van der Waals surface area (Å²) in [5.74, 6) is -0.273. The van der Waals surface area contributed by atoms with Crippen molar-refractivity contribution in [3.05, 3.63) is 72.9 Å². The molecule has 12 unspecified atom stereocenters. The fraction of sp³-hybridized carbons (Fsp3) is 0.745. The van der Waals surface area contributed by atoms with Crippen LogP contribution in [0.15, 0.2) is 72.9 Å². The molecule has 0 aromatic carbocycles. The van der Waals surface area contributed by atoms with Crippen LogP contribution in [0, 0.1) is 0 Å². The van der Waals surface area contributed by atoms with Crippen LogP contribution in [0.1, 0.15) is 149 Å². The van der Waals surface area contributed by atoms with Gasteiger partial charge >= 0.3 is 0 Å². The second-order valence-electron chi connectivity index (χ2n) is 17.2. The topological polar surface area (TPSA) is 228 Å². The molecule has 2 aliphatic rings. The van der Waals surface area contributed by atoms with E-state index in [1.807, 2.05) is 6.08 Å². The Kier molecular flexibility index (Phi) is 33.7. The molecule has 9 N–H and O–H groups in total. The zero-order chi connectivity index (χ0) is 47.5. The third kappa shape index (κ3) is 24.9. The van der Waals surface area contributed by atoms with Gasteiger partial charge in [-0.1, -0.05) is 138 Å². The predicted octanol–water partition coefficient (Wildman–Crippen LogP) is 6.04. The van der Waals surface area contributed by atoms with Gasteiger partial charge in [-0.25, -0.2) is 0 Å². The zero-order valence-corrected chi connectivity index (χ0v) is 39.4. The maximum atomic E-state index is 13.1. The van der Waals surface area contributed by atoms with E-state index >= 15 is 0 Å². The zero-order valence-electron chi connectivity index (χ0n) is 39.4. The smallest absolute Gasteiger partial charge is 0.220 e. The Morgan fingerprint density at radius 3 is 1.68 bits per heavy atom. The molecule has 2 heterocycles. The first-order chi connectivity index (χ1) is 31.6. The largest absolute Gasteiger partial charge is 0.394 e. The van der Waals surface area contributed by atoms with Crippen molar-refractivity contribution in [2.45, 2.75) is 222 Å². The van der Waals surface area contributed by atoms with Crippen LogP contribution in [-0.2, 0) is 23.7 Å². The van der Waals surface area contributed by atoms with Crippen LogP contribution in [-0.4, -0.2) is 140 Å². The van der Waals surface area contributed by atoms with Crippen molar-refractivity contribution in [1.82, 2.24) is 5.32 Å². The molecule has 0 radical (unpaired) electrons. The Labute approximate surface area is 389 Å². The third-order valence-electron chi connectivity index (χ3n) is 11.6. The van der Waals surface area contributed by atoms with E-state index in [1.54, 1.807) is 6.08 Å². The summed E-state index contributed by atoms with van der Waals surface area (Å²) in [6.07, 6.45) is 29.6. The molecule has 12 atom stereocenters. The summed E-state index contributed by atoms with van der Waals surface area (Å²) < 4.78 is 22.6. The summed E-state index contributed by atoms with van der Waals surface area (Å²) in [6.45, 7) is 2.58. The lowest BCUT2D eigenvalue weighted by atomic mass is 9.97. The molecule has 1 amide bonds. The molecule has 0 spiro atoms. The van der Waals surface area contributed by atoms with Gasteiger partial charge in [0.25, 0.3) is 0 Å². The number of allylic oxidation sites excluding steroid dienone is 11. The van der Waals surface area contributed by atoms with Gasteiger partial charge in [-0.2, -0.15) is 0 Å². The van der Waals surface area contributed by atoms with E-state index in [0.29, 0.717) is 12.8 Å². The lowest BCUT2D eigenvalue weighted by Gasteiger charge is -2.46. The first-order valence-electron chi connectivity index (χ1n) is 24.7. The van der Waals surface area contributed by atoms with Crippen molar-refractivity contribution < 1.29 is 64.6 Å². The van der Waals surface area contributed by atoms with Crippen molar-refractivity contribution in [1.29, 1.82) is 0 Å². The minimum Gasteiger partial charge on any atom is -0.394 e. The number of aliphatic hydroxyl groups excluding tert-OH is 8. The number of ether oxygens (including phenoxy) is 4. The lowest BCUT2D eigenvalue weighted by molar-refractivity contribution is -0.359. The monoisotopic (exact) mass is 922 g/mol. The van der Waals surface area contributed by atoms with E-state index in [9.17, 15) is 45.6 Å². The van der Waals surface area contributed by atoms with Crippen molar-refractivity contribution in [2.75, 3.05) is 19.8 Å². The molecule has 0 aromatic rings. The average Bonchev–Trinajstić information content (AvgIpc) is 3.30. The summed E-state index contributed by atoms with van der Waals surface area (Å²) in [6, 6.07) is -0.946. The molecule has 2 saturated heterocycles. The summed E-state index contributed by atoms with van der Waals surface area (Å²) in [4.78, 5) is 13.1. The van der Waals surface area contributed by atoms with Crippen LogP contribution in [0.3, 0.4) is 0 Å². The van der Waals surface area contributed by atoms with Gasteiger partial charge in [-0.05, 0) is 77.0 Å². The van der Waals surface area contributed by atoms with Crippen LogP contribution in [0.4, 0.5) is 0 Å².